The van der Waals surface area contributed by atoms with Gasteiger partial charge in [-0.3, -0.25) is 0 Å². The zero-order chi connectivity index (χ0) is 13.5. The molecule has 18 heavy (non-hydrogen) atoms. The number of rotatable bonds is 5. The lowest BCUT2D eigenvalue weighted by Gasteiger charge is -2.13. The fraction of sp³-hybridized carbons (Fsp3) is 0.500. The topological polar surface area (TPSA) is 50.4 Å². The highest BCUT2D eigenvalue weighted by Gasteiger charge is 2.07. The maximum Gasteiger partial charge on any atom is 0.319 e. The Morgan fingerprint density at radius 3 is 2.39 bits per heavy atom. The highest BCUT2D eigenvalue weighted by Crippen LogP contribution is 2.21. The summed E-state index contributed by atoms with van der Waals surface area (Å²) in [6, 6.07) is 3.96. The number of hydrogen-bond donors (Lipinski definition) is 2. The molecule has 2 N–H and O–H groups in total. The Labute approximate surface area is 109 Å². The molecule has 4 heteroatoms. The molecule has 0 saturated carbocycles. The zero-order valence-electron chi connectivity index (χ0n) is 11.6. The summed E-state index contributed by atoms with van der Waals surface area (Å²) in [7, 11) is 1.65. The van der Waals surface area contributed by atoms with Crippen LogP contribution in [-0.4, -0.2) is 26.3 Å². The van der Waals surface area contributed by atoms with Crippen LogP contribution in [0.1, 0.15) is 23.1 Å². The molecule has 0 aromatic heterocycles. The van der Waals surface area contributed by atoms with Crippen molar-refractivity contribution in [3.8, 4) is 0 Å². The van der Waals surface area contributed by atoms with E-state index in [0.717, 1.165) is 23.2 Å². The van der Waals surface area contributed by atoms with Gasteiger partial charge in [0.25, 0.3) is 0 Å². The van der Waals surface area contributed by atoms with E-state index < -0.39 is 0 Å². The van der Waals surface area contributed by atoms with Gasteiger partial charge in [-0.2, -0.15) is 0 Å². The van der Waals surface area contributed by atoms with Crippen molar-refractivity contribution in [1.82, 2.24) is 5.32 Å². The van der Waals surface area contributed by atoms with E-state index in [4.69, 9.17) is 4.74 Å². The first-order valence-corrected chi connectivity index (χ1v) is 6.16. The van der Waals surface area contributed by atoms with Crippen molar-refractivity contribution in [2.75, 3.05) is 25.6 Å². The molecule has 0 unspecified atom stereocenters. The van der Waals surface area contributed by atoms with Crippen LogP contribution in [0.4, 0.5) is 10.5 Å². The van der Waals surface area contributed by atoms with E-state index in [1.807, 2.05) is 13.8 Å². The number of anilines is 1. The second-order valence-corrected chi connectivity index (χ2v) is 4.50. The molecule has 0 heterocycles. The highest BCUT2D eigenvalue weighted by molar-refractivity contribution is 5.91. The predicted octanol–water partition coefficient (Wildman–Crippen LogP) is 2.77. The summed E-state index contributed by atoms with van der Waals surface area (Å²) in [5, 5.41) is 5.70. The Morgan fingerprint density at radius 2 is 1.83 bits per heavy atom. The molecule has 0 aliphatic heterocycles. The second-order valence-electron chi connectivity index (χ2n) is 4.50. The summed E-state index contributed by atoms with van der Waals surface area (Å²) in [6.45, 7) is 7.32. The minimum Gasteiger partial charge on any atom is -0.385 e. The largest absolute Gasteiger partial charge is 0.385 e. The van der Waals surface area contributed by atoms with Gasteiger partial charge >= 0.3 is 6.03 Å². The molecule has 2 amide bonds. The maximum atomic E-state index is 11.7. The van der Waals surface area contributed by atoms with E-state index in [1.165, 1.54) is 5.56 Å². The molecule has 0 aliphatic rings. The number of aryl methyl sites for hydroxylation is 3. The van der Waals surface area contributed by atoms with Crippen molar-refractivity contribution in [2.45, 2.75) is 27.2 Å². The molecule has 1 aromatic rings. The van der Waals surface area contributed by atoms with Crippen molar-refractivity contribution >= 4 is 11.7 Å². The standard InChI is InChI=1S/C14H22N2O2/c1-10-8-11(2)13(12(3)9-10)16-14(17)15-6-5-7-18-4/h8-9H,5-7H2,1-4H3,(H2,15,16,17). The summed E-state index contributed by atoms with van der Waals surface area (Å²) in [5.74, 6) is 0. The molecule has 1 rings (SSSR count). The molecule has 0 radical (unpaired) electrons. The number of benzene rings is 1. The lowest BCUT2D eigenvalue weighted by atomic mass is 10.1. The Bertz CT molecular complexity index is 393. The van der Waals surface area contributed by atoms with Gasteiger partial charge in [0.05, 0.1) is 0 Å². The Hall–Kier alpha value is -1.55. The quantitative estimate of drug-likeness (QED) is 0.789. The SMILES string of the molecule is COCCCNC(=O)Nc1c(C)cc(C)cc1C. The van der Waals surface area contributed by atoms with E-state index in [-0.39, 0.29) is 6.03 Å². The van der Waals surface area contributed by atoms with E-state index in [9.17, 15) is 4.79 Å². The molecule has 0 bridgehead atoms. The number of urea groups is 1. The van der Waals surface area contributed by atoms with Gasteiger partial charge in [0.1, 0.15) is 0 Å². The molecular formula is C14H22N2O2. The molecule has 1 aromatic carbocycles. The number of ether oxygens (including phenoxy) is 1. The fourth-order valence-electron chi connectivity index (χ4n) is 1.95. The molecule has 0 saturated heterocycles. The van der Waals surface area contributed by atoms with E-state index >= 15 is 0 Å². The number of carbonyl (C=O) groups is 1. The predicted molar refractivity (Wildman–Crippen MR) is 74.2 cm³/mol. The summed E-state index contributed by atoms with van der Waals surface area (Å²) in [6.07, 6.45) is 0.815. The van der Waals surface area contributed by atoms with Crippen LogP contribution in [0.25, 0.3) is 0 Å². The smallest absolute Gasteiger partial charge is 0.319 e. The Kier molecular flexibility index (Phi) is 5.65. The van der Waals surface area contributed by atoms with Gasteiger partial charge in [-0.25, -0.2) is 4.79 Å². The van der Waals surface area contributed by atoms with Crippen molar-refractivity contribution in [2.24, 2.45) is 0 Å². The van der Waals surface area contributed by atoms with Gasteiger partial charge in [0, 0.05) is 25.9 Å². The summed E-state index contributed by atoms with van der Waals surface area (Å²) in [5.41, 5.74) is 4.26. The van der Waals surface area contributed by atoms with Gasteiger partial charge in [-0.1, -0.05) is 17.7 Å². The monoisotopic (exact) mass is 250 g/mol. The number of carbonyl (C=O) groups excluding carboxylic acids is 1. The van der Waals surface area contributed by atoms with Crippen molar-refractivity contribution in [1.29, 1.82) is 0 Å². The summed E-state index contributed by atoms with van der Waals surface area (Å²) in [4.78, 5) is 11.7. The average molecular weight is 250 g/mol. The zero-order valence-corrected chi connectivity index (χ0v) is 11.6. The van der Waals surface area contributed by atoms with Crippen LogP contribution < -0.4 is 10.6 Å². The van der Waals surface area contributed by atoms with E-state index in [1.54, 1.807) is 7.11 Å². The van der Waals surface area contributed by atoms with Crippen LogP contribution >= 0.6 is 0 Å². The number of hydrogen-bond acceptors (Lipinski definition) is 2. The van der Waals surface area contributed by atoms with E-state index in [2.05, 4.69) is 29.7 Å². The van der Waals surface area contributed by atoms with Crippen molar-refractivity contribution in [3.63, 3.8) is 0 Å². The molecule has 0 fully saturated rings. The van der Waals surface area contributed by atoms with Crippen LogP contribution in [0.3, 0.4) is 0 Å². The van der Waals surface area contributed by atoms with E-state index in [0.29, 0.717) is 13.2 Å². The van der Waals surface area contributed by atoms with Crippen LogP contribution in [-0.2, 0) is 4.74 Å². The van der Waals surface area contributed by atoms with Crippen LogP contribution in [0, 0.1) is 20.8 Å². The lowest BCUT2D eigenvalue weighted by molar-refractivity contribution is 0.194. The van der Waals surface area contributed by atoms with Gasteiger partial charge in [-0.05, 0) is 38.3 Å². The van der Waals surface area contributed by atoms with Crippen LogP contribution in [0.5, 0.6) is 0 Å². The fourth-order valence-corrected chi connectivity index (χ4v) is 1.95. The summed E-state index contributed by atoms with van der Waals surface area (Å²) >= 11 is 0. The first-order valence-electron chi connectivity index (χ1n) is 6.16. The maximum absolute atomic E-state index is 11.7. The molecule has 100 valence electrons. The lowest BCUT2D eigenvalue weighted by Crippen LogP contribution is -2.30. The van der Waals surface area contributed by atoms with Crippen molar-refractivity contribution in [3.05, 3.63) is 28.8 Å². The number of amides is 2. The van der Waals surface area contributed by atoms with Crippen LogP contribution in [0.2, 0.25) is 0 Å². The van der Waals surface area contributed by atoms with Gasteiger partial charge < -0.3 is 15.4 Å². The highest BCUT2D eigenvalue weighted by atomic mass is 16.5. The third-order valence-corrected chi connectivity index (χ3v) is 2.73. The second kappa shape index (κ2) is 7.01. The molecule has 0 aliphatic carbocycles. The number of methoxy groups -OCH3 is 1. The van der Waals surface area contributed by atoms with Gasteiger partial charge in [0.15, 0.2) is 0 Å². The van der Waals surface area contributed by atoms with Crippen molar-refractivity contribution < 1.29 is 9.53 Å². The first-order chi connectivity index (χ1) is 8.54. The average Bonchev–Trinajstić information content (AvgIpc) is 2.29. The van der Waals surface area contributed by atoms with Gasteiger partial charge in [-0.15, -0.1) is 0 Å². The summed E-state index contributed by atoms with van der Waals surface area (Å²) < 4.78 is 4.92. The number of nitrogens with one attached hydrogen (secondary N) is 2. The molecular weight excluding hydrogens is 228 g/mol. The Balaban J connectivity index is 2.54. The molecule has 4 nitrogen and oxygen atoms in total. The third-order valence-electron chi connectivity index (χ3n) is 2.73. The van der Waals surface area contributed by atoms with Gasteiger partial charge in [0.2, 0.25) is 0 Å². The first kappa shape index (κ1) is 14.5. The molecule has 0 spiro atoms. The van der Waals surface area contributed by atoms with Crippen LogP contribution in [0.15, 0.2) is 12.1 Å². The Morgan fingerprint density at radius 1 is 1.22 bits per heavy atom. The minimum atomic E-state index is -0.166. The molecule has 0 atom stereocenters. The third kappa shape index (κ3) is 4.37. The minimum absolute atomic E-state index is 0.166. The normalized spacial score (nSPS) is 10.2.